The monoisotopic (exact) mass is 270 g/mol. The van der Waals surface area contributed by atoms with Crippen molar-refractivity contribution < 1.29 is 4.79 Å². The number of fused-ring (bicyclic) bond motifs is 1. The van der Waals surface area contributed by atoms with Crippen molar-refractivity contribution in [1.82, 2.24) is 0 Å². The lowest BCUT2D eigenvalue weighted by molar-refractivity contribution is -0.118. The number of nitriles is 1. The highest BCUT2D eigenvalue weighted by atomic mass is 32.1. The lowest BCUT2D eigenvalue weighted by Crippen LogP contribution is -2.34. The number of nitrogens with zero attached hydrogens (tertiary/aromatic N) is 1. The number of Topliss-reactive ketones (excluding diaryl/α,β-unsaturated/α-hetero) is 1. The minimum absolute atomic E-state index is 0.0805. The van der Waals surface area contributed by atoms with Gasteiger partial charge in [-0.05, 0) is 42.2 Å². The highest BCUT2D eigenvalue weighted by molar-refractivity contribution is 7.10. The Hall–Kier alpha value is -1.86. The van der Waals surface area contributed by atoms with Crippen LogP contribution in [0.25, 0.3) is 0 Å². The summed E-state index contributed by atoms with van der Waals surface area (Å²) in [6, 6.07) is 6.07. The number of hydrogen-bond acceptors (Lipinski definition) is 4. The van der Waals surface area contributed by atoms with Crippen molar-refractivity contribution in [3.8, 4) is 6.07 Å². The van der Waals surface area contributed by atoms with Crippen molar-refractivity contribution in [2.24, 2.45) is 11.7 Å². The summed E-state index contributed by atoms with van der Waals surface area (Å²) in [4.78, 5) is 13.6. The topological polar surface area (TPSA) is 66.9 Å². The fourth-order valence-electron chi connectivity index (χ4n) is 3.09. The Morgan fingerprint density at radius 2 is 2.32 bits per heavy atom. The number of thiophene rings is 1. The fraction of sp³-hybridized carbons (Fsp3) is 0.333. The lowest BCUT2D eigenvalue weighted by Gasteiger charge is -2.34. The zero-order valence-corrected chi connectivity index (χ0v) is 11.2. The van der Waals surface area contributed by atoms with Gasteiger partial charge in [0.15, 0.2) is 5.78 Å². The van der Waals surface area contributed by atoms with Crippen LogP contribution >= 0.6 is 11.3 Å². The van der Waals surface area contributed by atoms with E-state index in [1.165, 1.54) is 0 Å². The van der Waals surface area contributed by atoms with Crippen LogP contribution in [0.2, 0.25) is 0 Å². The second-order valence-corrected chi connectivity index (χ2v) is 5.93. The zero-order valence-electron chi connectivity index (χ0n) is 10.4. The van der Waals surface area contributed by atoms with E-state index in [1.54, 1.807) is 11.3 Å². The molecule has 19 heavy (non-hydrogen) atoms. The SMILES string of the molecule is N#CC1=C(N)C(=O)C(c2cccs2)C2CCCC=C12. The maximum absolute atomic E-state index is 12.5. The highest BCUT2D eigenvalue weighted by Gasteiger charge is 2.41. The van der Waals surface area contributed by atoms with Crippen LogP contribution in [0.3, 0.4) is 0 Å². The van der Waals surface area contributed by atoms with E-state index in [4.69, 9.17) is 5.73 Å². The zero-order chi connectivity index (χ0) is 13.4. The van der Waals surface area contributed by atoms with Crippen LogP contribution in [0.4, 0.5) is 0 Å². The van der Waals surface area contributed by atoms with Gasteiger partial charge in [-0.1, -0.05) is 12.1 Å². The number of nitrogens with two attached hydrogens (primary N) is 1. The smallest absolute Gasteiger partial charge is 0.188 e. The first-order chi connectivity index (χ1) is 9.24. The van der Waals surface area contributed by atoms with Crippen molar-refractivity contribution in [2.75, 3.05) is 0 Å². The van der Waals surface area contributed by atoms with Gasteiger partial charge in [0.1, 0.15) is 6.07 Å². The number of hydrogen-bond donors (Lipinski definition) is 1. The Bertz CT molecular complexity index is 619. The molecule has 2 atom stereocenters. The van der Waals surface area contributed by atoms with Gasteiger partial charge < -0.3 is 5.73 Å². The van der Waals surface area contributed by atoms with Crippen LogP contribution in [0.5, 0.6) is 0 Å². The lowest BCUT2D eigenvalue weighted by atomic mass is 9.69. The second-order valence-electron chi connectivity index (χ2n) is 4.95. The summed E-state index contributed by atoms with van der Waals surface area (Å²) in [5.41, 5.74) is 7.45. The molecule has 0 aliphatic heterocycles. The first kappa shape index (κ1) is 12.2. The van der Waals surface area contributed by atoms with Gasteiger partial charge in [0.25, 0.3) is 0 Å². The first-order valence-corrected chi connectivity index (χ1v) is 7.30. The summed E-state index contributed by atoms with van der Waals surface area (Å²) in [7, 11) is 0. The highest BCUT2D eigenvalue weighted by Crippen LogP contribution is 2.46. The molecule has 0 radical (unpaired) electrons. The minimum atomic E-state index is -0.191. The Balaban J connectivity index is 2.16. The van der Waals surface area contributed by atoms with E-state index >= 15 is 0 Å². The van der Waals surface area contributed by atoms with E-state index in [9.17, 15) is 10.1 Å². The molecule has 2 unspecified atom stereocenters. The summed E-state index contributed by atoms with van der Waals surface area (Å²) in [5.74, 6) is -0.145. The molecule has 1 aromatic rings. The molecular weight excluding hydrogens is 256 g/mol. The summed E-state index contributed by atoms with van der Waals surface area (Å²) in [5, 5.41) is 11.2. The summed E-state index contributed by atoms with van der Waals surface area (Å²) >= 11 is 1.59. The number of carbonyl (C=O) groups is 1. The van der Waals surface area contributed by atoms with Gasteiger partial charge in [0.05, 0.1) is 17.2 Å². The molecule has 2 N–H and O–H groups in total. The van der Waals surface area contributed by atoms with Gasteiger partial charge in [-0.15, -0.1) is 11.3 Å². The van der Waals surface area contributed by atoms with E-state index in [-0.39, 0.29) is 23.3 Å². The average molecular weight is 270 g/mol. The predicted molar refractivity (Wildman–Crippen MR) is 74.3 cm³/mol. The van der Waals surface area contributed by atoms with Crippen molar-refractivity contribution in [3.63, 3.8) is 0 Å². The maximum atomic E-state index is 12.5. The van der Waals surface area contributed by atoms with Crippen molar-refractivity contribution in [1.29, 1.82) is 5.26 Å². The molecular formula is C15H14N2OS. The van der Waals surface area contributed by atoms with Crippen LogP contribution in [-0.2, 0) is 4.79 Å². The third kappa shape index (κ3) is 1.82. The van der Waals surface area contributed by atoms with Crippen LogP contribution in [0.1, 0.15) is 30.1 Å². The average Bonchev–Trinajstić information content (AvgIpc) is 2.94. The molecule has 2 aliphatic carbocycles. The molecule has 0 aromatic carbocycles. The number of carbonyl (C=O) groups excluding carboxylic acids is 1. The van der Waals surface area contributed by atoms with Crippen molar-refractivity contribution >= 4 is 17.1 Å². The minimum Gasteiger partial charge on any atom is -0.395 e. The normalized spacial score (nSPS) is 26.7. The standard InChI is InChI=1S/C15H14N2OS/c16-8-11-9-4-1-2-5-10(9)13(15(18)14(11)17)12-6-3-7-19-12/h3-4,6-7,10,13H,1-2,5,17H2. The van der Waals surface area contributed by atoms with Crippen molar-refractivity contribution in [3.05, 3.63) is 45.3 Å². The molecule has 3 rings (SSSR count). The maximum Gasteiger partial charge on any atom is 0.188 e. The van der Waals surface area contributed by atoms with Gasteiger partial charge in [-0.25, -0.2) is 0 Å². The molecule has 0 spiro atoms. The molecule has 0 saturated heterocycles. The van der Waals surface area contributed by atoms with E-state index in [0.29, 0.717) is 5.57 Å². The van der Waals surface area contributed by atoms with Crippen LogP contribution in [0.15, 0.2) is 40.4 Å². The Morgan fingerprint density at radius 1 is 1.47 bits per heavy atom. The van der Waals surface area contributed by atoms with E-state index in [0.717, 1.165) is 29.7 Å². The van der Waals surface area contributed by atoms with E-state index in [1.807, 2.05) is 17.5 Å². The third-order valence-corrected chi connectivity index (χ3v) is 4.91. The van der Waals surface area contributed by atoms with Gasteiger partial charge in [0, 0.05) is 4.88 Å². The molecule has 0 amide bonds. The molecule has 2 aliphatic rings. The number of allylic oxidation sites excluding steroid dienone is 4. The predicted octanol–water partition coefficient (Wildman–Crippen LogP) is 2.88. The second kappa shape index (κ2) is 4.67. The quantitative estimate of drug-likeness (QED) is 0.853. The van der Waals surface area contributed by atoms with Gasteiger partial charge >= 0.3 is 0 Å². The molecule has 0 fully saturated rings. The summed E-state index contributed by atoms with van der Waals surface area (Å²) in [6.07, 6.45) is 5.09. The Labute approximate surface area is 116 Å². The molecule has 0 bridgehead atoms. The third-order valence-electron chi connectivity index (χ3n) is 3.95. The molecule has 3 nitrogen and oxygen atoms in total. The van der Waals surface area contributed by atoms with E-state index < -0.39 is 0 Å². The fourth-order valence-corrected chi connectivity index (χ4v) is 3.97. The van der Waals surface area contributed by atoms with Crippen LogP contribution in [0, 0.1) is 17.2 Å². The first-order valence-electron chi connectivity index (χ1n) is 6.42. The molecule has 96 valence electrons. The van der Waals surface area contributed by atoms with Gasteiger partial charge in [-0.2, -0.15) is 5.26 Å². The summed E-state index contributed by atoms with van der Waals surface area (Å²) in [6.45, 7) is 0. The van der Waals surface area contributed by atoms with Gasteiger partial charge in [0.2, 0.25) is 0 Å². The number of ketones is 1. The van der Waals surface area contributed by atoms with Crippen LogP contribution in [-0.4, -0.2) is 5.78 Å². The van der Waals surface area contributed by atoms with Crippen molar-refractivity contribution in [2.45, 2.75) is 25.2 Å². The molecule has 1 heterocycles. The van der Waals surface area contributed by atoms with E-state index in [2.05, 4.69) is 12.1 Å². The van der Waals surface area contributed by atoms with Crippen LogP contribution < -0.4 is 5.73 Å². The largest absolute Gasteiger partial charge is 0.395 e. The molecule has 0 saturated carbocycles. The Kier molecular flexibility index (Phi) is 3.00. The number of rotatable bonds is 1. The Morgan fingerprint density at radius 3 is 3.00 bits per heavy atom. The summed E-state index contributed by atoms with van der Waals surface area (Å²) < 4.78 is 0. The molecule has 1 aromatic heterocycles. The van der Waals surface area contributed by atoms with Gasteiger partial charge in [-0.3, -0.25) is 4.79 Å². The molecule has 4 heteroatoms.